The van der Waals surface area contributed by atoms with Crippen LogP contribution in [0.15, 0.2) is 46.8 Å². The van der Waals surface area contributed by atoms with Crippen LogP contribution in [0.25, 0.3) is 0 Å². The van der Waals surface area contributed by atoms with Crippen molar-refractivity contribution in [2.45, 2.75) is 85.7 Å². The first-order valence-corrected chi connectivity index (χ1v) is 12.6. The maximum Gasteiger partial charge on any atom is 0.302 e. The molecule has 1 heterocycles. The summed E-state index contributed by atoms with van der Waals surface area (Å²) >= 11 is 0. The highest BCUT2D eigenvalue weighted by atomic mass is 16.5. The Balaban J connectivity index is 1.65. The SMILES string of the molecule is CC(=O)O[C@@H]1C[C@H]2C(C)(C)CC(=O)C=C[C@]2(C)[C@H]2CC[C@]3(C)C(=CC[C@H]3c3ccoc3)[C@@]21C. The Bertz CT molecular complexity index is 1030. The summed E-state index contributed by atoms with van der Waals surface area (Å²) in [5.41, 5.74) is 2.17. The van der Waals surface area contributed by atoms with E-state index < -0.39 is 0 Å². The number of allylic oxidation sites excluding steroid dienone is 3. The fourth-order valence-corrected chi connectivity index (χ4v) is 8.95. The molecule has 1 aromatic rings. The number of esters is 1. The van der Waals surface area contributed by atoms with Crippen molar-refractivity contribution in [2.24, 2.45) is 33.5 Å². The second kappa shape index (κ2) is 7.20. The van der Waals surface area contributed by atoms with E-state index in [4.69, 9.17) is 9.15 Å². The molecule has 0 amide bonds. The molecule has 0 N–H and O–H groups in total. The molecule has 2 fully saturated rings. The highest BCUT2D eigenvalue weighted by Crippen LogP contribution is 2.72. The molecular weight excluding hydrogens is 412 g/mol. The van der Waals surface area contributed by atoms with Crippen LogP contribution >= 0.6 is 0 Å². The lowest BCUT2D eigenvalue weighted by molar-refractivity contribution is -0.185. The summed E-state index contributed by atoms with van der Waals surface area (Å²) in [6.45, 7) is 13.1. The molecule has 178 valence electrons. The molecule has 7 atom stereocenters. The highest BCUT2D eigenvalue weighted by Gasteiger charge is 2.67. The summed E-state index contributed by atoms with van der Waals surface area (Å²) < 4.78 is 11.6. The number of hydrogen-bond acceptors (Lipinski definition) is 4. The van der Waals surface area contributed by atoms with Crippen molar-refractivity contribution in [1.82, 2.24) is 0 Å². The van der Waals surface area contributed by atoms with E-state index >= 15 is 0 Å². The van der Waals surface area contributed by atoms with Crippen LogP contribution < -0.4 is 0 Å². The number of hydrogen-bond donors (Lipinski definition) is 0. The number of carbonyl (C=O) groups excluding carboxylic acids is 2. The molecule has 0 bridgehead atoms. The predicted molar refractivity (Wildman–Crippen MR) is 127 cm³/mol. The van der Waals surface area contributed by atoms with E-state index in [1.165, 1.54) is 18.1 Å². The van der Waals surface area contributed by atoms with E-state index in [9.17, 15) is 9.59 Å². The Hall–Kier alpha value is -2.10. The Morgan fingerprint density at radius 1 is 1.15 bits per heavy atom. The summed E-state index contributed by atoms with van der Waals surface area (Å²) in [6.07, 6.45) is 14.5. The van der Waals surface area contributed by atoms with Gasteiger partial charge in [-0.1, -0.05) is 52.3 Å². The maximum absolute atomic E-state index is 12.7. The summed E-state index contributed by atoms with van der Waals surface area (Å²) in [5, 5.41) is 0. The first kappa shape index (κ1) is 22.7. The Kier molecular flexibility index (Phi) is 4.95. The zero-order valence-electron chi connectivity index (χ0n) is 20.9. The normalized spacial score (nSPS) is 43.7. The van der Waals surface area contributed by atoms with E-state index in [1.54, 1.807) is 6.26 Å². The average Bonchev–Trinajstić information content (AvgIpc) is 3.33. The van der Waals surface area contributed by atoms with Crippen LogP contribution in [0.3, 0.4) is 0 Å². The quantitative estimate of drug-likeness (QED) is 0.375. The maximum atomic E-state index is 12.7. The Morgan fingerprint density at radius 3 is 2.58 bits per heavy atom. The van der Waals surface area contributed by atoms with E-state index in [1.807, 2.05) is 12.3 Å². The van der Waals surface area contributed by atoms with Crippen LogP contribution in [0, 0.1) is 33.5 Å². The molecule has 0 unspecified atom stereocenters. The standard InChI is InChI=1S/C29H38O4/c1-18(30)33-25-15-24-26(2,3)16-20(31)9-12-28(24,5)23-10-13-27(4)21(19-11-14-32-17-19)7-8-22(27)29(23,25)6/h8-9,11-12,14,17,21,23-25H,7,10,13,15-16H2,1-6H3/t21-,23+,24-,25+,27-,28+,29-/m0/s1. The summed E-state index contributed by atoms with van der Waals surface area (Å²) in [5.74, 6) is 0.958. The van der Waals surface area contributed by atoms with Crippen LogP contribution in [0.1, 0.15) is 85.1 Å². The molecule has 0 saturated heterocycles. The number of furan rings is 1. The Morgan fingerprint density at radius 2 is 1.91 bits per heavy atom. The van der Waals surface area contributed by atoms with E-state index in [0.717, 1.165) is 25.7 Å². The molecule has 1 aromatic heterocycles. The average molecular weight is 451 g/mol. The zero-order chi connectivity index (χ0) is 23.8. The van der Waals surface area contributed by atoms with Crippen molar-refractivity contribution in [1.29, 1.82) is 0 Å². The fourth-order valence-electron chi connectivity index (χ4n) is 8.95. The van der Waals surface area contributed by atoms with Crippen molar-refractivity contribution in [3.05, 3.63) is 48.0 Å². The van der Waals surface area contributed by atoms with Gasteiger partial charge in [0.1, 0.15) is 6.10 Å². The number of ether oxygens (including phenoxy) is 1. The molecule has 4 aliphatic carbocycles. The highest BCUT2D eigenvalue weighted by molar-refractivity contribution is 5.90. The summed E-state index contributed by atoms with van der Waals surface area (Å²) in [6, 6.07) is 2.10. The lowest BCUT2D eigenvalue weighted by Gasteiger charge is -2.65. The number of fused-ring (bicyclic) bond motifs is 5. The molecule has 0 aliphatic heterocycles. The van der Waals surface area contributed by atoms with Gasteiger partial charge in [-0.25, -0.2) is 0 Å². The molecular formula is C29H38O4. The minimum Gasteiger partial charge on any atom is -0.472 e. The summed E-state index contributed by atoms with van der Waals surface area (Å²) in [7, 11) is 0. The minimum atomic E-state index is -0.268. The van der Waals surface area contributed by atoms with Gasteiger partial charge in [-0.15, -0.1) is 0 Å². The van der Waals surface area contributed by atoms with Crippen molar-refractivity contribution in [3.63, 3.8) is 0 Å². The van der Waals surface area contributed by atoms with Gasteiger partial charge in [0.25, 0.3) is 0 Å². The lowest BCUT2D eigenvalue weighted by Crippen LogP contribution is -2.62. The molecule has 0 radical (unpaired) electrons. The molecule has 0 aromatic carbocycles. The van der Waals surface area contributed by atoms with Gasteiger partial charge in [-0.05, 0) is 77.4 Å². The van der Waals surface area contributed by atoms with Crippen LogP contribution in [0.4, 0.5) is 0 Å². The predicted octanol–water partition coefficient (Wildman–Crippen LogP) is 6.63. The smallest absolute Gasteiger partial charge is 0.302 e. The molecule has 5 rings (SSSR count). The number of carbonyl (C=O) groups is 2. The molecule has 4 aliphatic rings. The van der Waals surface area contributed by atoms with Crippen molar-refractivity contribution < 1.29 is 18.7 Å². The second-order valence-corrected chi connectivity index (χ2v) is 12.5. The number of rotatable bonds is 2. The van der Waals surface area contributed by atoms with Gasteiger partial charge in [0.05, 0.1) is 12.5 Å². The zero-order valence-corrected chi connectivity index (χ0v) is 20.9. The minimum absolute atomic E-state index is 0.0104. The van der Waals surface area contributed by atoms with Crippen LogP contribution in [0.2, 0.25) is 0 Å². The lowest BCUT2D eigenvalue weighted by atomic mass is 9.39. The first-order valence-electron chi connectivity index (χ1n) is 12.6. The van der Waals surface area contributed by atoms with Gasteiger partial charge in [0.2, 0.25) is 0 Å². The Labute approximate surface area is 197 Å². The van der Waals surface area contributed by atoms with Gasteiger partial charge in [-0.3, -0.25) is 9.59 Å². The third kappa shape index (κ3) is 3.08. The van der Waals surface area contributed by atoms with E-state index in [0.29, 0.717) is 18.3 Å². The van der Waals surface area contributed by atoms with Gasteiger partial charge < -0.3 is 9.15 Å². The van der Waals surface area contributed by atoms with Crippen LogP contribution in [-0.4, -0.2) is 17.9 Å². The van der Waals surface area contributed by atoms with Crippen LogP contribution in [0.5, 0.6) is 0 Å². The molecule has 0 spiro atoms. The van der Waals surface area contributed by atoms with Crippen molar-refractivity contribution in [3.8, 4) is 0 Å². The van der Waals surface area contributed by atoms with E-state index in [2.05, 4.69) is 52.8 Å². The molecule has 2 saturated carbocycles. The monoisotopic (exact) mass is 450 g/mol. The third-order valence-corrected chi connectivity index (χ3v) is 10.3. The fraction of sp³-hybridized carbons (Fsp3) is 0.655. The topological polar surface area (TPSA) is 56.5 Å². The largest absolute Gasteiger partial charge is 0.472 e. The number of ketones is 1. The van der Waals surface area contributed by atoms with Gasteiger partial charge in [-0.2, -0.15) is 0 Å². The van der Waals surface area contributed by atoms with Crippen molar-refractivity contribution in [2.75, 3.05) is 0 Å². The summed E-state index contributed by atoms with van der Waals surface area (Å²) in [4.78, 5) is 25.0. The first-order chi connectivity index (χ1) is 15.4. The molecule has 4 heteroatoms. The van der Waals surface area contributed by atoms with E-state index in [-0.39, 0.29) is 45.4 Å². The third-order valence-electron chi connectivity index (χ3n) is 10.3. The molecule has 33 heavy (non-hydrogen) atoms. The van der Waals surface area contributed by atoms with Gasteiger partial charge in [0, 0.05) is 18.8 Å². The second-order valence-electron chi connectivity index (χ2n) is 12.5. The van der Waals surface area contributed by atoms with Gasteiger partial charge in [0.15, 0.2) is 5.78 Å². The van der Waals surface area contributed by atoms with Crippen LogP contribution in [-0.2, 0) is 14.3 Å². The van der Waals surface area contributed by atoms with Gasteiger partial charge >= 0.3 is 5.97 Å². The van der Waals surface area contributed by atoms with Crippen molar-refractivity contribution >= 4 is 11.8 Å². The molecule has 4 nitrogen and oxygen atoms in total.